The van der Waals surface area contributed by atoms with Crippen LogP contribution in [0, 0.1) is 6.92 Å². The summed E-state index contributed by atoms with van der Waals surface area (Å²) in [7, 11) is 0. The zero-order valence-electron chi connectivity index (χ0n) is 10.7. The van der Waals surface area contributed by atoms with Crippen LogP contribution in [0.3, 0.4) is 0 Å². The van der Waals surface area contributed by atoms with Gasteiger partial charge in [0.2, 0.25) is 0 Å². The number of nitrogens with zero attached hydrogens (tertiary/aromatic N) is 2. The van der Waals surface area contributed by atoms with Gasteiger partial charge in [-0.3, -0.25) is 9.78 Å². The number of anilines is 1. The Labute approximate surface area is 123 Å². The Bertz CT molecular complexity index is 671. The first-order chi connectivity index (χ1) is 9.77. The van der Waals surface area contributed by atoms with Crippen molar-refractivity contribution in [2.75, 3.05) is 5.32 Å². The molecule has 0 aliphatic heterocycles. The summed E-state index contributed by atoms with van der Waals surface area (Å²) in [5.41, 5.74) is -0.130. The van der Waals surface area contributed by atoms with Crippen molar-refractivity contribution < 1.29 is 18.0 Å². The van der Waals surface area contributed by atoms with Gasteiger partial charge in [0.1, 0.15) is 5.69 Å². The summed E-state index contributed by atoms with van der Waals surface area (Å²) in [4.78, 5) is 19.1. The van der Waals surface area contributed by atoms with E-state index >= 15 is 0 Å². The lowest BCUT2D eigenvalue weighted by Crippen LogP contribution is -2.14. The molecular weight excluding hydrogens is 307 g/mol. The molecule has 0 unspecified atom stereocenters. The van der Waals surface area contributed by atoms with Gasteiger partial charge in [-0.05, 0) is 25.1 Å². The van der Waals surface area contributed by atoms with Crippen molar-refractivity contribution >= 4 is 23.2 Å². The fourth-order valence-corrected chi connectivity index (χ4v) is 1.82. The maximum Gasteiger partial charge on any atom is 0.433 e. The molecule has 110 valence electrons. The SMILES string of the molecule is Cc1cc(Cl)c(C(=O)Nc2ccc(C(F)(F)F)nc2)cn1. The minimum atomic E-state index is -4.52. The van der Waals surface area contributed by atoms with Gasteiger partial charge in [0.25, 0.3) is 5.91 Å². The lowest BCUT2D eigenvalue weighted by atomic mass is 10.2. The number of alkyl halides is 3. The van der Waals surface area contributed by atoms with Gasteiger partial charge >= 0.3 is 6.18 Å². The lowest BCUT2D eigenvalue weighted by Gasteiger charge is -2.08. The fraction of sp³-hybridized carbons (Fsp3) is 0.154. The molecule has 2 aromatic heterocycles. The standard InChI is InChI=1S/C13H9ClF3N3O/c1-7-4-10(14)9(6-18-7)12(21)20-8-2-3-11(19-5-8)13(15,16)17/h2-6H,1H3,(H,20,21). The van der Waals surface area contributed by atoms with Crippen LogP contribution in [0.5, 0.6) is 0 Å². The molecule has 21 heavy (non-hydrogen) atoms. The molecule has 1 amide bonds. The molecule has 8 heteroatoms. The Morgan fingerprint density at radius 2 is 1.95 bits per heavy atom. The summed E-state index contributed by atoms with van der Waals surface area (Å²) in [6.45, 7) is 1.72. The van der Waals surface area contributed by atoms with Crippen LogP contribution >= 0.6 is 11.6 Å². The van der Waals surface area contributed by atoms with Gasteiger partial charge in [-0.2, -0.15) is 13.2 Å². The summed E-state index contributed by atoms with van der Waals surface area (Å²) in [5, 5.41) is 2.61. The molecule has 0 fully saturated rings. The Morgan fingerprint density at radius 3 is 2.48 bits per heavy atom. The second-order valence-corrected chi connectivity index (χ2v) is 4.60. The van der Waals surface area contributed by atoms with Crippen LogP contribution in [0.15, 0.2) is 30.6 Å². The number of carbonyl (C=O) groups excluding carboxylic acids is 1. The highest BCUT2D eigenvalue weighted by Gasteiger charge is 2.32. The number of aromatic nitrogens is 2. The van der Waals surface area contributed by atoms with Crippen molar-refractivity contribution in [3.05, 3.63) is 52.6 Å². The van der Waals surface area contributed by atoms with E-state index in [1.165, 1.54) is 12.3 Å². The first kappa shape index (κ1) is 15.2. The summed E-state index contributed by atoms with van der Waals surface area (Å²) in [6.07, 6.45) is -2.30. The van der Waals surface area contributed by atoms with Gasteiger partial charge in [0.15, 0.2) is 0 Å². The molecule has 0 saturated heterocycles. The van der Waals surface area contributed by atoms with E-state index in [4.69, 9.17) is 11.6 Å². The van der Waals surface area contributed by atoms with E-state index in [0.29, 0.717) is 5.69 Å². The zero-order valence-corrected chi connectivity index (χ0v) is 11.5. The molecule has 0 atom stereocenters. The molecule has 1 N–H and O–H groups in total. The van der Waals surface area contributed by atoms with Crippen molar-refractivity contribution in [3.63, 3.8) is 0 Å². The monoisotopic (exact) mass is 315 g/mol. The maximum absolute atomic E-state index is 12.4. The van der Waals surface area contributed by atoms with Gasteiger partial charge in [-0.15, -0.1) is 0 Å². The molecule has 0 aliphatic rings. The van der Waals surface area contributed by atoms with E-state index in [2.05, 4.69) is 15.3 Å². The number of aryl methyl sites for hydroxylation is 1. The van der Waals surface area contributed by atoms with E-state index in [0.717, 1.165) is 18.3 Å². The second-order valence-electron chi connectivity index (χ2n) is 4.19. The number of rotatable bonds is 2. The number of pyridine rings is 2. The third-order valence-electron chi connectivity index (χ3n) is 2.55. The topological polar surface area (TPSA) is 54.9 Å². The van der Waals surface area contributed by atoms with Crippen LogP contribution in [-0.4, -0.2) is 15.9 Å². The van der Waals surface area contributed by atoms with Crippen molar-refractivity contribution in [2.24, 2.45) is 0 Å². The van der Waals surface area contributed by atoms with Crippen molar-refractivity contribution in [1.29, 1.82) is 0 Å². The zero-order chi connectivity index (χ0) is 15.6. The van der Waals surface area contributed by atoms with Gasteiger partial charge < -0.3 is 5.32 Å². The quantitative estimate of drug-likeness (QED) is 0.919. The Hall–Kier alpha value is -2.15. The molecule has 2 rings (SSSR count). The largest absolute Gasteiger partial charge is 0.433 e. The van der Waals surface area contributed by atoms with Crippen molar-refractivity contribution in [2.45, 2.75) is 13.1 Å². The number of nitrogens with one attached hydrogen (secondary N) is 1. The molecular formula is C13H9ClF3N3O. The van der Waals surface area contributed by atoms with Crippen LogP contribution < -0.4 is 5.32 Å². The third-order valence-corrected chi connectivity index (χ3v) is 2.86. The van der Waals surface area contributed by atoms with E-state index in [-0.39, 0.29) is 16.3 Å². The maximum atomic E-state index is 12.4. The molecule has 0 saturated carbocycles. The fourth-order valence-electron chi connectivity index (χ4n) is 1.53. The van der Waals surface area contributed by atoms with Crippen molar-refractivity contribution in [1.82, 2.24) is 9.97 Å². The van der Waals surface area contributed by atoms with E-state index in [1.54, 1.807) is 6.92 Å². The normalized spacial score (nSPS) is 11.3. The van der Waals surface area contributed by atoms with Gasteiger partial charge in [-0.25, -0.2) is 4.98 Å². The number of carbonyl (C=O) groups is 1. The highest BCUT2D eigenvalue weighted by atomic mass is 35.5. The Balaban J connectivity index is 2.16. The van der Waals surface area contributed by atoms with Gasteiger partial charge in [0, 0.05) is 11.9 Å². The number of hydrogen-bond donors (Lipinski definition) is 1. The van der Waals surface area contributed by atoms with Crippen LogP contribution in [0.25, 0.3) is 0 Å². The summed E-state index contributed by atoms with van der Waals surface area (Å²) in [6, 6.07) is 3.41. The molecule has 0 radical (unpaired) electrons. The minimum Gasteiger partial charge on any atom is -0.320 e. The molecule has 0 bridgehead atoms. The van der Waals surface area contributed by atoms with Crippen LogP contribution in [0.2, 0.25) is 5.02 Å². The van der Waals surface area contributed by atoms with Crippen LogP contribution in [0.4, 0.5) is 18.9 Å². The minimum absolute atomic E-state index is 0.127. The Kier molecular flexibility index (Phi) is 4.13. The summed E-state index contributed by atoms with van der Waals surface area (Å²) in [5.74, 6) is -0.575. The number of amides is 1. The lowest BCUT2D eigenvalue weighted by molar-refractivity contribution is -0.141. The molecule has 2 heterocycles. The van der Waals surface area contributed by atoms with E-state index in [1.807, 2.05) is 0 Å². The molecule has 0 aromatic carbocycles. The van der Waals surface area contributed by atoms with Crippen LogP contribution in [-0.2, 0) is 6.18 Å². The predicted octanol–water partition coefficient (Wildman–Crippen LogP) is 3.71. The number of hydrogen-bond acceptors (Lipinski definition) is 3. The molecule has 0 spiro atoms. The average Bonchev–Trinajstić information content (AvgIpc) is 2.38. The van der Waals surface area contributed by atoms with E-state index in [9.17, 15) is 18.0 Å². The molecule has 4 nitrogen and oxygen atoms in total. The predicted molar refractivity (Wildman–Crippen MR) is 71.2 cm³/mol. The molecule has 0 aliphatic carbocycles. The highest BCUT2D eigenvalue weighted by Crippen LogP contribution is 2.28. The van der Waals surface area contributed by atoms with Crippen molar-refractivity contribution in [3.8, 4) is 0 Å². The first-order valence-electron chi connectivity index (χ1n) is 5.74. The highest BCUT2D eigenvalue weighted by molar-refractivity contribution is 6.34. The van der Waals surface area contributed by atoms with Gasteiger partial charge in [0.05, 0.1) is 22.5 Å². The average molecular weight is 316 g/mol. The molecule has 2 aromatic rings. The third kappa shape index (κ3) is 3.69. The number of halogens is 4. The first-order valence-corrected chi connectivity index (χ1v) is 6.12. The summed E-state index contributed by atoms with van der Waals surface area (Å²) < 4.78 is 37.1. The van der Waals surface area contributed by atoms with E-state index < -0.39 is 17.8 Å². The Morgan fingerprint density at radius 1 is 1.24 bits per heavy atom. The smallest absolute Gasteiger partial charge is 0.320 e. The summed E-state index contributed by atoms with van der Waals surface area (Å²) >= 11 is 5.91. The second kappa shape index (κ2) is 5.69. The van der Waals surface area contributed by atoms with Gasteiger partial charge in [-0.1, -0.05) is 11.6 Å². The van der Waals surface area contributed by atoms with Crippen LogP contribution in [0.1, 0.15) is 21.7 Å².